The van der Waals surface area contributed by atoms with Crippen molar-refractivity contribution in [2.75, 3.05) is 59.7 Å². The van der Waals surface area contributed by atoms with E-state index in [1.54, 1.807) is 7.11 Å². The zero-order chi connectivity index (χ0) is 30.0. The number of rotatable bonds is 5. The highest BCUT2D eigenvalue weighted by Crippen LogP contribution is 2.34. The van der Waals surface area contributed by atoms with E-state index < -0.39 is 24.3 Å². The van der Waals surface area contributed by atoms with Gasteiger partial charge in [-0.2, -0.15) is 26.3 Å². The third-order valence-corrected chi connectivity index (χ3v) is 6.48. The van der Waals surface area contributed by atoms with Crippen LogP contribution in [0.15, 0.2) is 24.3 Å². The van der Waals surface area contributed by atoms with E-state index in [0.29, 0.717) is 5.92 Å². The number of nitrogens with zero attached hydrogens (tertiary/aromatic N) is 2. The van der Waals surface area contributed by atoms with Crippen LogP contribution in [0.3, 0.4) is 0 Å². The highest BCUT2D eigenvalue weighted by Gasteiger charge is 2.43. The summed E-state index contributed by atoms with van der Waals surface area (Å²) >= 11 is 0. The van der Waals surface area contributed by atoms with Gasteiger partial charge in [0.15, 0.2) is 0 Å². The molecule has 0 aliphatic carbocycles. The molecule has 15 heteroatoms. The van der Waals surface area contributed by atoms with Crippen LogP contribution < -0.4 is 4.74 Å². The van der Waals surface area contributed by atoms with Crippen molar-refractivity contribution in [3.8, 4) is 5.75 Å². The van der Waals surface area contributed by atoms with Crippen LogP contribution in [0.4, 0.5) is 26.3 Å². The molecule has 1 aromatic rings. The highest BCUT2D eigenvalue weighted by molar-refractivity contribution is 5.73. The number of methoxy groups -OCH3 is 1. The summed E-state index contributed by atoms with van der Waals surface area (Å²) in [4.78, 5) is 22.9. The summed E-state index contributed by atoms with van der Waals surface area (Å²) in [5.41, 5.74) is 1.20. The molecule has 4 rings (SSSR count). The number of likely N-dealkylation sites (tertiary alicyclic amines) is 1. The molecule has 2 atom stereocenters. The lowest BCUT2D eigenvalue weighted by Gasteiger charge is -2.31. The summed E-state index contributed by atoms with van der Waals surface area (Å²) in [5.74, 6) is -3.95. The monoisotopic (exact) mass is 588 g/mol. The maximum atomic E-state index is 10.6. The molecule has 1 spiro atoms. The van der Waals surface area contributed by atoms with E-state index in [4.69, 9.17) is 34.0 Å². The number of carboxylic acid groups (broad SMARTS) is 2. The molecule has 40 heavy (non-hydrogen) atoms. The van der Waals surface area contributed by atoms with Crippen molar-refractivity contribution >= 4 is 11.9 Å². The second-order valence-electron chi connectivity index (χ2n) is 9.79. The second kappa shape index (κ2) is 14.8. The normalized spacial score (nSPS) is 23.9. The Kier molecular flexibility index (Phi) is 12.5. The summed E-state index contributed by atoms with van der Waals surface area (Å²) in [6.07, 6.45) is -6.32. The van der Waals surface area contributed by atoms with Gasteiger partial charge >= 0.3 is 24.3 Å². The number of halogens is 6. The van der Waals surface area contributed by atoms with Gasteiger partial charge in [0, 0.05) is 26.2 Å². The Hall–Kier alpha value is -2.62. The Morgan fingerprint density at radius 1 is 0.975 bits per heavy atom. The van der Waals surface area contributed by atoms with Gasteiger partial charge in [-0.3, -0.25) is 4.90 Å². The lowest BCUT2D eigenvalue weighted by Crippen LogP contribution is -2.44. The standard InChI is InChI=1S/C21H32N2O3.2C2HF3O2/c1-24-20-6-4-18(5-7-20)13-23-10-11-25-17-21(16-23)12-19(15-26-21)14-22-8-2-3-9-22;2*3-2(4,5)1(6)7/h4-7,19H,2-3,8-17H2,1H3;2*(H,6,7). The van der Waals surface area contributed by atoms with Gasteiger partial charge in [-0.05, 0) is 56.0 Å². The number of hydrogen-bond acceptors (Lipinski definition) is 7. The van der Waals surface area contributed by atoms with Gasteiger partial charge < -0.3 is 29.3 Å². The van der Waals surface area contributed by atoms with Crippen molar-refractivity contribution in [1.82, 2.24) is 9.80 Å². The van der Waals surface area contributed by atoms with Gasteiger partial charge in [0.05, 0.1) is 26.9 Å². The quantitative estimate of drug-likeness (QED) is 0.499. The van der Waals surface area contributed by atoms with Crippen molar-refractivity contribution in [3.63, 3.8) is 0 Å². The fourth-order valence-electron chi connectivity index (χ4n) is 4.71. The minimum absolute atomic E-state index is 0.118. The van der Waals surface area contributed by atoms with Crippen LogP contribution in [0, 0.1) is 5.92 Å². The molecule has 228 valence electrons. The molecule has 3 saturated heterocycles. The van der Waals surface area contributed by atoms with Gasteiger partial charge in [0.2, 0.25) is 0 Å². The van der Waals surface area contributed by atoms with Crippen LogP contribution in [-0.4, -0.2) is 110 Å². The van der Waals surface area contributed by atoms with Gasteiger partial charge in [-0.1, -0.05) is 12.1 Å². The Morgan fingerprint density at radius 2 is 1.52 bits per heavy atom. The largest absolute Gasteiger partial charge is 0.497 e. The molecule has 2 unspecified atom stereocenters. The fraction of sp³-hybridized carbons (Fsp3) is 0.680. The fourth-order valence-corrected chi connectivity index (χ4v) is 4.71. The number of ether oxygens (including phenoxy) is 3. The van der Waals surface area contributed by atoms with Crippen LogP contribution in [0.5, 0.6) is 5.75 Å². The van der Waals surface area contributed by atoms with Crippen molar-refractivity contribution < 1.29 is 60.4 Å². The Labute approximate surface area is 227 Å². The minimum Gasteiger partial charge on any atom is -0.497 e. The first-order valence-electron chi connectivity index (χ1n) is 12.5. The number of aliphatic carboxylic acids is 2. The molecule has 9 nitrogen and oxygen atoms in total. The summed E-state index contributed by atoms with van der Waals surface area (Å²) in [5, 5.41) is 14.2. The van der Waals surface area contributed by atoms with E-state index in [1.807, 2.05) is 12.1 Å². The van der Waals surface area contributed by atoms with E-state index >= 15 is 0 Å². The highest BCUT2D eigenvalue weighted by atomic mass is 19.4. The molecule has 0 radical (unpaired) electrons. The first-order chi connectivity index (χ1) is 18.6. The topological polar surface area (TPSA) is 109 Å². The average Bonchev–Trinajstić information content (AvgIpc) is 3.47. The Morgan fingerprint density at radius 3 is 2.02 bits per heavy atom. The Bertz CT molecular complexity index is 915. The lowest BCUT2D eigenvalue weighted by atomic mass is 9.93. The zero-order valence-corrected chi connectivity index (χ0v) is 22.0. The summed E-state index contributed by atoms with van der Waals surface area (Å²) in [6.45, 7) is 9.02. The molecule has 3 aliphatic rings. The van der Waals surface area contributed by atoms with Gasteiger partial charge in [-0.25, -0.2) is 9.59 Å². The maximum Gasteiger partial charge on any atom is 0.490 e. The number of alkyl halides is 6. The van der Waals surface area contributed by atoms with Crippen LogP contribution in [0.2, 0.25) is 0 Å². The molecule has 1 aromatic carbocycles. The smallest absolute Gasteiger partial charge is 0.490 e. The minimum atomic E-state index is -5.08. The van der Waals surface area contributed by atoms with E-state index in [0.717, 1.165) is 51.6 Å². The number of hydrogen-bond donors (Lipinski definition) is 2. The molecule has 3 fully saturated rings. The van der Waals surface area contributed by atoms with Crippen LogP contribution >= 0.6 is 0 Å². The Balaban J connectivity index is 0.000000333. The molecular weight excluding hydrogens is 554 g/mol. The number of carbonyl (C=O) groups is 2. The molecule has 0 saturated carbocycles. The SMILES string of the molecule is COc1ccc(CN2CCOCC3(CC(CN4CCCC4)CO3)C2)cc1.O=C(O)C(F)(F)F.O=C(O)C(F)(F)F. The predicted octanol–water partition coefficient (Wildman–Crippen LogP) is 3.67. The third kappa shape index (κ3) is 11.5. The van der Waals surface area contributed by atoms with Crippen LogP contribution in [0.25, 0.3) is 0 Å². The lowest BCUT2D eigenvalue weighted by molar-refractivity contribution is -0.193. The van der Waals surface area contributed by atoms with Gasteiger partial charge in [0.1, 0.15) is 11.4 Å². The molecule has 0 amide bonds. The molecule has 3 heterocycles. The first-order valence-corrected chi connectivity index (χ1v) is 12.5. The second-order valence-corrected chi connectivity index (χ2v) is 9.79. The molecule has 3 aliphatic heterocycles. The first kappa shape index (κ1) is 33.6. The molecular formula is C25H34F6N2O7. The summed E-state index contributed by atoms with van der Waals surface area (Å²) in [6, 6.07) is 8.39. The molecule has 0 aromatic heterocycles. The van der Waals surface area contributed by atoms with E-state index in [-0.39, 0.29) is 5.60 Å². The van der Waals surface area contributed by atoms with Crippen molar-refractivity contribution in [1.29, 1.82) is 0 Å². The predicted molar refractivity (Wildman–Crippen MR) is 129 cm³/mol. The average molecular weight is 589 g/mol. The van der Waals surface area contributed by atoms with Gasteiger partial charge in [-0.15, -0.1) is 0 Å². The van der Waals surface area contributed by atoms with Gasteiger partial charge in [0.25, 0.3) is 0 Å². The zero-order valence-electron chi connectivity index (χ0n) is 22.0. The van der Waals surface area contributed by atoms with E-state index in [2.05, 4.69) is 21.9 Å². The van der Waals surface area contributed by atoms with E-state index in [1.165, 1.54) is 38.0 Å². The molecule has 2 N–H and O–H groups in total. The summed E-state index contributed by atoms with van der Waals surface area (Å²) in [7, 11) is 1.71. The maximum absolute atomic E-state index is 10.6. The molecule has 0 bridgehead atoms. The summed E-state index contributed by atoms with van der Waals surface area (Å²) < 4.78 is 81.1. The van der Waals surface area contributed by atoms with Crippen molar-refractivity contribution in [3.05, 3.63) is 29.8 Å². The van der Waals surface area contributed by atoms with Crippen molar-refractivity contribution in [2.24, 2.45) is 5.92 Å². The third-order valence-electron chi connectivity index (χ3n) is 6.48. The van der Waals surface area contributed by atoms with E-state index in [9.17, 15) is 26.3 Å². The number of benzene rings is 1. The van der Waals surface area contributed by atoms with Crippen molar-refractivity contribution in [2.45, 2.75) is 43.8 Å². The van der Waals surface area contributed by atoms with Crippen LogP contribution in [0.1, 0.15) is 24.8 Å². The van der Waals surface area contributed by atoms with Crippen LogP contribution in [-0.2, 0) is 25.6 Å². The number of carboxylic acids is 2.